The van der Waals surface area contributed by atoms with Gasteiger partial charge in [0.05, 0.1) is 18.2 Å². The standard InChI is InChI=1S/C12H14ClNO3/c1-2-14-9(6-12(15)16)7-17-11-5-8(13)3-4-10(11)14/h3-5,9H,2,6-7H2,1H3,(H,15,16)/t9-/m1/s1. The first-order valence-corrected chi connectivity index (χ1v) is 5.90. The molecule has 92 valence electrons. The highest BCUT2D eigenvalue weighted by molar-refractivity contribution is 6.30. The molecule has 1 aromatic rings. The molecule has 0 saturated heterocycles. The number of anilines is 1. The molecule has 0 saturated carbocycles. The zero-order chi connectivity index (χ0) is 12.4. The van der Waals surface area contributed by atoms with Crippen molar-refractivity contribution in [3.05, 3.63) is 23.2 Å². The molecule has 1 atom stereocenters. The minimum atomic E-state index is -0.811. The average Bonchev–Trinajstić information content (AvgIpc) is 2.28. The van der Waals surface area contributed by atoms with Crippen molar-refractivity contribution in [1.82, 2.24) is 0 Å². The van der Waals surface area contributed by atoms with E-state index in [1.807, 2.05) is 17.9 Å². The van der Waals surface area contributed by atoms with Crippen molar-refractivity contribution in [2.75, 3.05) is 18.1 Å². The molecule has 5 heteroatoms. The topological polar surface area (TPSA) is 49.8 Å². The lowest BCUT2D eigenvalue weighted by atomic mass is 10.1. The van der Waals surface area contributed by atoms with E-state index in [1.54, 1.807) is 12.1 Å². The lowest BCUT2D eigenvalue weighted by molar-refractivity contribution is -0.137. The number of ether oxygens (including phenoxy) is 1. The molecule has 0 unspecified atom stereocenters. The zero-order valence-electron chi connectivity index (χ0n) is 9.52. The third-order valence-electron chi connectivity index (χ3n) is 2.85. The molecule has 0 bridgehead atoms. The van der Waals surface area contributed by atoms with Gasteiger partial charge < -0.3 is 14.7 Å². The Morgan fingerprint density at radius 3 is 3.06 bits per heavy atom. The number of likely N-dealkylation sites (N-methyl/N-ethyl adjacent to an activating group) is 1. The number of halogens is 1. The molecule has 1 heterocycles. The van der Waals surface area contributed by atoms with Crippen LogP contribution in [0.5, 0.6) is 5.75 Å². The molecule has 0 spiro atoms. The van der Waals surface area contributed by atoms with Crippen molar-refractivity contribution in [1.29, 1.82) is 0 Å². The Kier molecular flexibility index (Phi) is 3.43. The maximum absolute atomic E-state index is 10.8. The monoisotopic (exact) mass is 255 g/mol. The summed E-state index contributed by atoms with van der Waals surface area (Å²) in [6.07, 6.45) is 0.0793. The fraction of sp³-hybridized carbons (Fsp3) is 0.417. The zero-order valence-corrected chi connectivity index (χ0v) is 10.3. The van der Waals surface area contributed by atoms with Crippen LogP contribution >= 0.6 is 11.6 Å². The Morgan fingerprint density at radius 1 is 1.65 bits per heavy atom. The number of fused-ring (bicyclic) bond motifs is 1. The number of rotatable bonds is 3. The molecule has 1 N–H and O–H groups in total. The molecule has 1 aliphatic rings. The van der Waals surface area contributed by atoms with E-state index < -0.39 is 5.97 Å². The molecule has 0 radical (unpaired) electrons. The molecule has 2 rings (SSSR count). The van der Waals surface area contributed by atoms with Crippen LogP contribution in [0.4, 0.5) is 5.69 Å². The minimum Gasteiger partial charge on any atom is -0.489 e. The smallest absolute Gasteiger partial charge is 0.305 e. The van der Waals surface area contributed by atoms with Crippen LogP contribution in [0.25, 0.3) is 0 Å². The van der Waals surface area contributed by atoms with Gasteiger partial charge in [0.2, 0.25) is 0 Å². The number of nitrogens with zero attached hydrogens (tertiary/aromatic N) is 1. The van der Waals surface area contributed by atoms with E-state index >= 15 is 0 Å². The number of hydrogen-bond donors (Lipinski definition) is 1. The van der Waals surface area contributed by atoms with Crippen LogP contribution in [0.2, 0.25) is 5.02 Å². The lowest BCUT2D eigenvalue weighted by Gasteiger charge is -2.37. The number of carbonyl (C=O) groups is 1. The molecule has 0 aliphatic carbocycles. The number of benzene rings is 1. The summed E-state index contributed by atoms with van der Waals surface area (Å²) in [5, 5.41) is 9.49. The molecular weight excluding hydrogens is 242 g/mol. The van der Waals surface area contributed by atoms with E-state index in [2.05, 4.69) is 0 Å². The second-order valence-electron chi connectivity index (χ2n) is 3.96. The number of carboxylic acids is 1. The molecule has 0 aromatic heterocycles. The third kappa shape index (κ3) is 2.47. The third-order valence-corrected chi connectivity index (χ3v) is 3.09. The summed E-state index contributed by atoms with van der Waals surface area (Å²) in [7, 11) is 0. The van der Waals surface area contributed by atoms with Crippen LogP contribution in [-0.4, -0.2) is 30.3 Å². The van der Waals surface area contributed by atoms with Gasteiger partial charge in [-0.05, 0) is 19.1 Å². The van der Waals surface area contributed by atoms with Crippen molar-refractivity contribution in [3.63, 3.8) is 0 Å². The van der Waals surface area contributed by atoms with Crippen LogP contribution in [0.3, 0.4) is 0 Å². The van der Waals surface area contributed by atoms with Crippen molar-refractivity contribution in [2.45, 2.75) is 19.4 Å². The second-order valence-corrected chi connectivity index (χ2v) is 4.40. The van der Waals surface area contributed by atoms with E-state index in [-0.39, 0.29) is 12.5 Å². The van der Waals surface area contributed by atoms with Crippen molar-refractivity contribution < 1.29 is 14.6 Å². The molecule has 0 fully saturated rings. The first-order valence-electron chi connectivity index (χ1n) is 5.52. The van der Waals surface area contributed by atoms with Gasteiger partial charge in [-0.1, -0.05) is 11.6 Å². The van der Waals surface area contributed by atoms with Gasteiger partial charge in [-0.25, -0.2) is 0 Å². The highest BCUT2D eigenvalue weighted by Gasteiger charge is 2.28. The largest absolute Gasteiger partial charge is 0.489 e. The number of carboxylic acid groups (broad SMARTS) is 1. The summed E-state index contributed by atoms with van der Waals surface area (Å²) in [5.41, 5.74) is 0.911. The van der Waals surface area contributed by atoms with Crippen LogP contribution in [0, 0.1) is 0 Å². The summed E-state index contributed by atoms with van der Waals surface area (Å²) >= 11 is 5.90. The molecular formula is C12H14ClNO3. The molecule has 17 heavy (non-hydrogen) atoms. The van der Waals surface area contributed by atoms with Crippen molar-refractivity contribution in [3.8, 4) is 5.75 Å². The first-order chi connectivity index (χ1) is 8.11. The highest BCUT2D eigenvalue weighted by Crippen LogP contribution is 2.36. The predicted molar refractivity (Wildman–Crippen MR) is 66.0 cm³/mol. The van der Waals surface area contributed by atoms with E-state index in [0.29, 0.717) is 11.6 Å². The van der Waals surface area contributed by atoms with E-state index in [0.717, 1.165) is 18.0 Å². The molecule has 1 aromatic carbocycles. The maximum atomic E-state index is 10.8. The fourth-order valence-electron chi connectivity index (χ4n) is 2.11. The van der Waals surface area contributed by atoms with Gasteiger partial charge in [0, 0.05) is 17.6 Å². The summed E-state index contributed by atoms with van der Waals surface area (Å²) in [6.45, 7) is 3.13. The molecule has 4 nitrogen and oxygen atoms in total. The quantitative estimate of drug-likeness (QED) is 0.901. The summed E-state index contributed by atoms with van der Waals surface area (Å²) in [6, 6.07) is 5.30. The molecule has 0 amide bonds. The van der Waals surface area contributed by atoms with E-state index in [9.17, 15) is 4.79 Å². The van der Waals surface area contributed by atoms with Gasteiger partial charge in [-0.2, -0.15) is 0 Å². The van der Waals surface area contributed by atoms with Gasteiger partial charge >= 0.3 is 5.97 Å². The lowest BCUT2D eigenvalue weighted by Crippen LogP contribution is -2.44. The highest BCUT2D eigenvalue weighted by atomic mass is 35.5. The van der Waals surface area contributed by atoms with E-state index in [4.69, 9.17) is 21.4 Å². The van der Waals surface area contributed by atoms with Gasteiger partial charge in [0.1, 0.15) is 12.4 Å². The van der Waals surface area contributed by atoms with Gasteiger partial charge in [-0.3, -0.25) is 4.79 Å². The van der Waals surface area contributed by atoms with Crippen LogP contribution in [0.15, 0.2) is 18.2 Å². The first kappa shape index (κ1) is 12.0. The second kappa shape index (κ2) is 4.84. The van der Waals surface area contributed by atoms with Crippen molar-refractivity contribution in [2.24, 2.45) is 0 Å². The summed E-state index contributed by atoms with van der Waals surface area (Å²) < 4.78 is 5.56. The van der Waals surface area contributed by atoms with Gasteiger partial charge in [0.15, 0.2) is 0 Å². The van der Waals surface area contributed by atoms with Crippen LogP contribution in [0.1, 0.15) is 13.3 Å². The minimum absolute atomic E-state index is 0.0793. The van der Waals surface area contributed by atoms with Gasteiger partial charge in [0.25, 0.3) is 0 Å². The Labute approximate surface area is 105 Å². The Balaban J connectivity index is 2.29. The SMILES string of the molecule is CCN1c2ccc(Cl)cc2OC[C@H]1CC(=O)O. The molecule has 1 aliphatic heterocycles. The summed E-state index contributed by atoms with van der Waals surface area (Å²) in [5.74, 6) is -0.0875. The normalized spacial score (nSPS) is 18.5. The predicted octanol–water partition coefficient (Wildman–Crippen LogP) is 2.40. The van der Waals surface area contributed by atoms with Crippen molar-refractivity contribution >= 4 is 23.3 Å². The number of hydrogen-bond acceptors (Lipinski definition) is 3. The van der Waals surface area contributed by atoms with E-state index in [1.165, 1.54) is 0 Å². The Hall–Kier alpha value is -1.42. The maximum Gasteiger partial charge on any atom is 0.305 e. The average molecular weight is 256 g/mol. The van der Waals surface area contributed by atoms with Gasteiger partial charge in [-0.15, -0.1) is 0 Å². The van der Waals surface area contributed by atoms with Crippen LogP contribution < -0.4 is 9.64 Å². The Morgan fingerprint density at radius 2 is 2.41 bits per heavy atom. The summed E-state index contributed by atoms with van der Waals surface area (Å²) in [4.78, 5) is 12.8. The Bertz CT molecular complexity index is 436. The van der Waals surface area contributed by atoms with Crippen LogP contribution in [-0.2, 0) is 4.79 Å². The fourth-order valence-corrected chi connectivity index (χ4v) is 2.27. The number of aliphatic carboxylic acids is 1.